The Hall–Kier alpha value is -0.540. The van der Waals surface area contributed by atoms with Crippen LogP contribution < -0.4 is 10.2 Å². The summed E-state index contributed by atoms with van der Waals surface area (Å²) in [6, 6.07) is 6.66. The van der Waals surface area contributed by atoms with Gasteiger partial charge in [-0.25, -0.2) is 0 Å². The smallest absolute Gasteiger partial charge is 0.0423 e. The van der Waals surface area contributed by atoms with Crippen LogP contribution in [-0.4, -0.2) is 19.6 Å². The Kier molecular flexibility index (Phi) is 5.14. The van der Waals surface area contributed by atoms with Crippen LogP contribution in [0.5, 0.6) is 0 Å². The van der Waals surface area contributed by atoms with Gasteiger partial charge >= 0.3 is 0 Å². The quantitative estimate of drug-likeness (QED) is 0.873. The molecule has 0 amide bonds. The fourth-order valence-electron chi connectivity index (χ4n) is 2.93. The molecule has 1 heterocycles. The molecule has 1 N–H and O–H groups in total. The molecule has 3 heteroatoms. The van der Waals surface area contributed by atoms with Gasteiger partial charge in [0.05, 0.1) is 0 Å². The molecule has 1 aliphatic heterocycles. The Labute approximate surface area is 132 Å². The highest BCUT2D eigenvalue weighted by atomic mass is 79.9. The van der Waals surface area contributed by atoms with Gasteiger partial charge in [-0.1, -0.05) is 49.7 Å². The summed E-state index contributed by atoms with van der Waals surface area (Å²) >= 11 is 3.62. The highest BCUT2D eigenvalue weighted by Gasteiger charge is 2.32. The van der Waals surface area contributed by atoms with Crippen molar-refractivity contribution in [3.8, 4) is 0 Å². The van der Waals surface area contributed by atoms with Gasteiger partial charge in [0.1, 0.15) is 0 Å². The number of rotatable bonds is 4. The lowest BCUT2D eigenvalue weighted by molar-refractivity contribution is 0.263. The highest BCUT2D eigenvalue weighted by molar-refractivity contribution is 9.10. The van der Waals surface area contributed by atoms with Crippen molar-refractivity contribution >= 4 is 21.6 Å². The van der Waals surface area contributed by atoms with Crippen LogP contribution in [0.2, 0.25) is 0 Å². The number of anilines is 1. The van der Waals surface area contributed by atoms with Crippen LogP contribution in [0.3, 0.4) is 0 Å². The van der Waals surface area contributed by atoms with E-state index in [0.717, 1.165) is 19.0 Å². The average Bonchev–Trinajstić information content (AvgIpc) is 2.86. The maximum Gasteiger partial charge on any atom is 0.0423 e. The molecule has 2 rings (SSSR count). The lowest BCUT2D eigenvalue weighted by Crippen LogP contribution is -2.27. The van der Waals surface area contributed by atoms with E-state index in [-0.39, 0.29) is 0 Å². The van der Waals surface area contributed by atoms with E-state index < -0.39 is 0 Å². The van der Waals surface area contributed by atoms with Crippen LogP contribution in [-0.2, 0) is 6.54 Å². The molecule has 1 aromatic carbocycles. The zero-order valence-corrected chi connectivity index (χ0v) is 14.8. The lowest BCUT2D eigenvalue weighted by atomic mass is 9.80. The van der Waals surface area contributed by atoms with Crippen LogP contribution >= 0.6 is 15.9 Å². The molecule has 0 spiro atoms. The SMILES string of the molecule is CCNCc1ccc(Br)cc1N1CCC(C(C)(C)C)C1. The third-order valence-corrected chi connectivity index (χ3v) is 4.86. The predicted octanol–water partition coefficient (Wildman–Crippen LogP) is 4.43. The van der Waals surface area contributed by atoms with E-state index in [1.54, 1.807) is 0 Å². The van der Waals surface area contributed by atoms with Crippen LogP contribution in [0.15, 0.2) is 22.7 Å². The van der Waals surface area contributed by atoms with Gasteiger partial charge in [0.2, 0.25) is 0 Å². The molecule has 1 aromatic rings. The normalized spacial score (nSPS) is 19.6. The number of hydrogen-bond acceptors (Lipinski definition) is 2. The summed E-state index contributed by atoms with van der Waals surface area (Å²) in [5.41, 5.74) is 3.21. The first-order chi connectivity index (χ1) is 9.41. The summed E-state index contributed by atoms with van der Waals surface area (Å²) in [6.07, 6.45) is 1.30. The molecular formula is C17H27BrN2. The van der Waals surface area contributed by atoms with E-state index in [4.69, 9.17) is 0 Å². The number of benzene rings is 1. The molecule has 0 aromatic heterocycles. The van der Waals surface area contributed by atoms with Crippen LogP contribution in [0.25, 0.3) is 0 Å². The van der Waals surface area contributed by atoms with Crippen LogP contribution in [0.4, 0.5) is 5.69 Å². The van der Waals surface area contributed by atoms with Gasteiger partial charge in [-0.3, -0.25) is 0 Å². The predicted molar refractivity (Wildman–Crippen MR) is 91.3 cm³/mol. The zero-order valence-electron chi connectivity index (χ0n) is 13.2. The van der Waals surface area contributed by atoms with Crippen molar-refractivity contribution in [2.75, 3.05) is 24.5 Å². The first kappa shape index (κ1) is 15.8. The molecule has 0 saturated carbocycles. The minimum absolute atomic E-state index is 0.405. The van der Waals surface area contributed by atoms with Gasteiger partial charge in [0, 0.05) is 29.8 Å². The first-order valence-corrected chi connectivity index (χ1v) is 8.45. The Balaban J connectivity index is 2.18. The third kappa shape index (κ3) is 3.76. The van der Waals surface area contributed by atoms with E-state index in [2.05, 4.69) is 72.0 Å². The Morgan fingerprint density at radius 1 is 1.35 bits per heavy atom. The summed E-state index contributed by atoms with van der Waals surface area (Å²) in [4.78, 5) is 2.56. The number of hydrogen-bond donors (Lipinski definition) is 1. The molecule has 20 heavy (non-hydrogen) atoms. The molecule has 1 aliphatic rings. The zero-order chi connectivity index (χ0) is 14.8. The second-order valence-corrected chi connectivity index (χ2v) is 7.77. The molecular weight excluding hydrogens is 312 g/mol. The molecule has 1 atom stereocenters. The van der Waals surface area contributed by atoms with Gasteiger partial charge in [0.25, 0.3) is 0 Å². The van der Waals surface area contributed by atoms with Crippen molar-refractivity contribution in [1.29, 1.82) is 0 Å². The van der Waals surface area contributed by atoms with Crippen molar-refractivity contribution in [2.45, 2.75) is 40.7 Å². The summed E-state index contributed by atoms with van der Waals surface area (Å²) in [6.45, 7) is 13.6. The minimum atomic E-state index is 0.405. The fourth-order valence-corrected chi connectivity index (χ4v) is 3.28. The summed E-state index contributed by atoms with van der Waals surface area (Å²) < 4.78 is 1.17. The highest BCUT2D eigenvalue weighted by Crippen LogP contribution is 2.37. The fraction of sp³-hybridized carbons (Fsp3) is 0.647. The van der Waals surface area contributed by atoms with Crippen molar-refractivity contribution < 1.29 is 0 Å². The second kappa shape index (κ2) is 6.48. The van der Waals surface area contributed by atoms with E-state index in [1.165, 1.54) is 35.2 Å². The molecule has 1 fully saturated rings. The molecule has 0 radical (unpaired) electrons. The van der Waals surface area contributed by atoms with E-state index in [1.807, 2.05) is 0 Å². The van der Waals surface area contributed by atoms with E-state index >= 15 is 0 Å². The van der Waals surface area contributed by atoms with Crippen LogP contribution in [0, 0.1) is 11.3 Å². The molecule has 0 aliphatic carbocycles. The summed E-state index contributed by atoms with van der Waals surface area (Å²) in [7, 11) is 0. The Bertz CT molecular complexity index is 451. The lowest BCUT2D eigenvalue weighted by Gasteiger charge is -2.28. The molecule has 2 nitrogen and oxygen atoms in total. The molecule has 1 unspecified atom stereocenters. The number of nitrogens with one attached hydrogen (secondary N) is 1. The third-order valence-electron chi connectivity index (χ3n) is 4.37. The second-order valence-electron chi connectivity index (χ2n) is 6.85. The standard InChI is InChI=1S/C17H27BrN2/c1-5-19-11-13-6-7-15(18)10-16(13)20-9-8-14(12-20)17(2,3)4/h6-7,10,14,19H,5,8-9,11-12H2,1-4H3. The largest absolute Gasteiger partial charge is 0.371 e. The van der Waals surface area contributed by atoms with Gasteiger partial charge in [-0.15, -0.1) is 0 Å². The topological polar surface area (TPSA) is 15.3 Å². The van der Waals surface area contributed by atoms with Crippen molar-refractivity contribution in [3.05, 3.63) is 28.2 Å². The van der Waals surface area contributed by atoms with E-state index in [0.29, 0.717) is 5.41 Å². The van der Waals surface area contributed by atoms with Crippen molar-refractivity contribution in [2.24, 2.45) is 11.3 Å². The van der Waals surface area contributed by atoms with Gasteiger partial charge in [0.15, 0.2) is 0 Å². The molecule has 0 bridgehead atoms. The van der Waals surface area contributed by atoms with Gasteiger partial charge < -0.3 is 10.2 Å². The number of halogens is 1. The summed E-state index contributed by atoms with van der Waals surface area (Å²) in [5, 5.41) is 3.45. The Morgan fingerprint density at radius 3 is 2.70 bits per heavy atom. The Morgan fingerprint density at radius 2 is 2.10 bits per heavy atom. The van der Waals surface area contributed by atoms with Crippen molar-refractivity contribution in [3.63, 3.8) is 0 Å². The van der Waals surface area contributed by atoms with Crippen molar-refractivity contribution in [1.82, 2.24) is 5.32 Å². The molecule has 1 saturated heterocycles. The maximum atomic E-state index is 3.62. The van der Waals surface area contributed by atoms with Gasteiger partial charge in [-0.05, 0) is 42.0 Å². The van der Waals surface area contributed by atoms with E-state index in [9.17, 15) is 0 Å². The first-order valence-electron chi connectivity index (χ1n) is 7.66. The average molecular weight is 339 g/mol. The summed E-state index contributed by atoms with van der Waals surface area (Å²) in [5.74, 6) is 0.786. The number of nitrogens with zero attached hydrogens (tertiary/aromatic N) is 1. The maximum absolute atomic E-state index is 3.62. The molecule has 112 valence electrons. The minimum Gasteiger partial charge on any atom is -0.371 e. The van der Waals surface area contributed by atoms with Crippen LogP contribution in [0.1, 0.15) is 39.7 Å². The monoisotopic (exact) mass is 338 g/mol. The van der Waals surface area contributed by atoms with Gasteiger partial charge in [-0.2, -0.15) is 0 Å².